The van der Waals surface area contributed by atoms with E-state index in [1.54, 1.807) is 23.1 Å². The van der Waals surface area contributed by atoms with E-state index in [4.69, 9.17) is 0 Å². The Morgan fingerprint density at radius 2 is 2.00 bits per heavy atom. The van der Waals surface area contributed by atoms with Crippen LogP contribution in [0, 0.1) is 12.7 Å². The Morgan fingerprint density at radius 3 is 2.65 bits per heavy atom. The van der Waals surface area contributed by atoms with Crippen LogP contribution in [0.2, 0.25) is 0 Å². The molecular weight excluding hydrogens is 329 g/mol. The zero-order chi connectivity index (χ0) is 16.2. The summed E-state index contributed by atoms with van der Waals surface area (Å²) in [5.41, 5.74) is 2.21. The quantitative estimate of drug-likeness (QED) is 0.577. The van der Waals surface area contributed by atoms with Crippen LogP contribution in [0.15, 0.2) is 40.9 Å². The number of aromatic nitrogens is 3. The molecule has 0 aliphatic heterocycles. The number of rotatable bonds is 6. The molecule has 0 aliphatic rings. The minimum Gasteiger partial charge on any atom is -0.302 e. The number of hydrogen-bond acceptors (Lipinski definition) is 4. The van der Waals surface area contributed by atoms with Gasteiger partial charge in [-0.2, -0.15) is 0 Å². The first-order valence-corrected chi connectivity index (χ1v) is 9.40. The molecule has 0 N–H and O–H groups in total. The van der Waals surface area contributed by atoms with Gasteiger partial charge in [-0.3, -0.25) is 0 Å². The first-order chi connectivity index (χ1) is 11.2. The summed E-state index contributed by atoms with van der Waals surface area (Å²) in [6.07, 6.45) is 1.03. The van der Waals surface area contributed by atoms with E-state index in [1.165, 1.54) is 17.0 Å². The van der Waals surface area contributed by atoms with E-state index < -0.39 is 0 Å². The summed E-state index contributed by atoms with van der Waals surface area (Å²) in [7, 11) is 0. The molecule has 0 spiro atoms. The molecule has 3 aromatic rings. The Morgan fingerprint density at radius 1 is 1.22 bits per heavy atom. The Balaban J connectivity index is 1.81. The summed E-state index contributed by atoms with van der Waals surface area (Å²) < 4.78 is 15.2. The summed E-state index contributed by atoms with van der Waals surface area (Å²) in [6, 6.07) is 8.76. The molecule has 1 aromatic carbocycles. The molecule has 3 nitrogen and oxygen atoms in total. The number of halogens is 1. The van der Waals surface area contributed by atoms with Crippen molar-refractivity contribution in [1.29, 1.82) is 0 Å². The molecule has 0 radical (unpaired) electrons. The fourth-order valence-corrected chi connectivity index (χ4v) is 3.93. The van der Waals surface area contributed by atoms with Gasteiger partial charge in [-0.05, 0) is 37.1 Å². The normalized spacial score (nSPS) is 11.1. The molecule has 0 amide bonds. The molecule has 0 bridgehead atoms. The van der Waals surface area contributed by atoms with E-state index in [1.807, 2.05) is 12.1 Å². The lowest BCUT2D eigenvalue weighted by Gasteiger charge is -2.08. The van der Waals surface area contributed by atoms with Crippen molar-refractivity contribution >= 4 is 23.1 Å². The molecule has 6 heteroatoms. The van der Waals surface area contributed by atoms with Crippen molar-refractivity contribution in [1.82, 2.24) is 14.8 Å². The van der Waals surface area contributed by atoms with Crippen LogP contribution in [0.5, 0.6) is 0 Å². The summed E-state index contributed by atoms with van der Waals surface area (Å²) >= 11 is 3.36. The standard InChI is InChI=1S/C17H18FN3S2/c1-3-8-21-16(14-9-12(2)22-11-14)19-20-17(21)23-10-13-4-6-15(18)7-5-13/h4-7,9,11H,3,8,10H2,1-2H3. The summed E-state index contributed by atoms with van der Waals surface area (Å²) in [4.78, 5) is 1.27. The molecule has 3 rings (SSSR count). The van der Waals surface area contributed by atoms with E-state index in [0.29, 0.717) is 0 Å². The molecule has 23 heavy (non-hydrogen) atoms. The molecule has 0 atom stereocenters. The second-order valence-electron chi connectivity index (χ2n) is 5.32. The Hall–Kier alpha value is -1.66. The second-order valence-corrected chi connectivity index (χ2v) is 7.38. The highest BCUT2D eigenvalue weighted by Gasteiger charge is 2.14. The highest BCUT2D eigenvalue weighted by Crippen LogP contribution is 2.29. The molecule has 0 aliphatic carbocycles. The van der Waals surface area contributed by atoms with Gasteiger partial charge in [0.05, 0.1) is 0 Å². The maximum Gasteiger partial charge on any atom is 0.191 e. The van der Waals surface area contributed by atoms with Crippen LogP contribution in [0.4, 0.5) is 4.39 Å². The van der Waals surface area contributed by atoms with Crippen LogP contribution < -0.4 is 0 Å². The number of benzene rings is 1. The third-order valence-corrected chi connectivity index (χ3v) is 5.33. The lowest BCUT2D eigenvalue weighted by Crippen LogP contribution is -2.01. The topological polar surface area (TPSA) is 30.7 Å². The predicted molar refractivity (Wildman–Crippen MR) is 94.3 cm³/mol. The van der Waals surface area contributed by atoms with Gasteiger partial charge >= 0.3 is 0 Å². The summed E-state index contributed by atoms with van der Waals surface area (Å²) in [6.45, 7) is 5.14. The van der Waals surface area contributed by atoms with Gasteiger partial charge in [0, 0.05) is 28.1 Å². The third-order valence-electron chi connectivity index (χ3n) is 3.43. The number of thiophene rings is 1. The molecular formula is C17H18FN3S2. The van der Waals surface area contributed by atoms with Gasteiger partial charge in [-0.1, -0.05) is 30.8 Å². The first kappa shape index (κ1) is 16.2. The van der Waals surface area contributed by atoms with Crippen molar-refractivity contribution in [3.8, 4) is 11.4 Å². The fraction of sp³-hybridized carbons (Fsp3) is 0.294. The average Bonchev–Trinajstić information content (AvgIpc) is 3.14. The lowest BCUT2D eigenvalue weighted by molar-refractivity contribution is 0.625. The zero-order valence-corrected chi connectivity index (χ0v) is 14.8. The largest absolute Gasteiger partial charge is 0.302 e. The molecule has 120 valence electrons. The van der Waals surface area contributed by atoms with Gasteiger partial charge in [0.2, 0.25) is 0 Å². The van der Waals surface area contributed by atoms with Crippen LogP contribution in [-0.4, -0.2) is 14.8 Å². The van der Waals surface area contributed by atoms with Crippen molar-refractivity contribution in [2.75, 3.05) is 0 Å². The highest BCUT2D eigenvalue weighted by atomic mass is 32.2. The number of nitrogens with zero attached hydrogens (tertiary/aromatic N) is 3. The van der Waals surface area contributed by atoms with Gasteiger partial charge in [-0.15, -0.1) is 21.5 Å². The van der Waals surface area contributed by atoms with E-state index in [-0.39, 0.29) is 5.82 Å². The van der Waals surface area contributed by atoms with E-state index >= 15 is 0 Å². The molecule has 0 fully saturated rings. The number of aryl methyl sites for hydroxylation is 1. The molecule has 0 saturated heterocycles. The number of thioether (sulfide) groups is 1. The summed E-state index contributed by atoms with van der Waals surface area (Å²) in [5.74, 6) is 1.48. The number of hydrogen-bond donors (Lipinski definition) is 0. The molecule has 2 heterocycles. The SMILES string of the molecule is CCCn1c(SCc2ccc(F)cc2)nnc1-c1csc(C)c1. The van der Waals surface area contributed by atoms with Gasteiger partial charge in [-0.25, -0.2) is 4.39 Å². The predicted octanol–water partition coefficient (Wildman–Crippen LogP) is 5.16. The maximum absolute atomic E-state index is 13.0. The zero-order valence-electron chi connectivity index (χ0n) is 13.1. The lowest BCUT2D eigenvalue weighted by atomic mass is 10.2. The van der Waals surface area contributed by atoms with Crippen molar-refractivity contribution in [3.63, 3.8) is 0 Å². The van der Waals surface area contributed by atoms with Crippen LogP contribution in [0.1, 0.15) is 23.8 Å². The Bertz CT molecular complexity index is 777. The van der Waals surface area contributed by atoms with Crippen LogP contribution in [-0.2, 0) is 12.3 Å². The third kappa shape index (κ3) is 3.82. The minimum absolute atomic E-state index is 0.206. The molecule has 0 unspecified atom stereocenters. The van der Waals surface area contributed by atoms with Crippen LogP contribution in [0.25, 0.3) is 11.4 Å². The summed E-state index contributed by atoms with van der Waals surface area (Å²) in [5, 5.41) is 11.8. The van der Waals surface area contributed by atoms with E-state index in [2.05, 4.69) is 40.1 Å². The van der Waals surface area contributed by atoms with Gasteiger partial charge < -0.3 is 4.57 Å². The Labute approximate surface area is 143 Å². The Kier molecular flexibility index (Phi) is 5.13. The van der Waals surface area contributed by atoms with E-state index in [9.17, 15) is 4.39 Å². The minimum atomic E-state index is -0.206. The van der Waals surface area contributed by atoms with Crippen LogP contribution in [0.3, 0.4) is 0 Å². The fourth-order valence-electron chi connectivity index (χ4n) is 2.32. The first-order valence-electron chi connectivity index (χ1n) is 7.53. The average molecular weight is 347 g/mol. The molecule has 0 saturated carbocycles. The van der Waals surface area contributed by atoms with Crippen molar-refractivity contribution in [3.05, 3.63) is 52.0 Å². The maximum atomic E-state index is 13.0. The molecule has 2 aromatic heterocycles. The van der Waals surface area contributed by atoms with Crippen molar-refractivity contribution in [2.45, 2.75) is 37.7 Å². The van der Waals surface area contributed by atoms with Gasteiger partial charge in [0.25, 0.3) is 0 Å². The second kappa shape index (κ2) is 7.27. The van der Waals surface area contributed by atoms with Crippen molar-refractivity contribution < 1.29 is 4.39 Å². The van der Waals surface area contributed by atoms with Gasteiger partial charge in [0.1, 0.15) is 5.82 Å². The van der Waals surface area contributed by atoms with E-state index in [0.717, 1.165) is 40.8 Å². The van der Waals surface area contributed by atoms with Crippen LogP contribution >= 0.6 is 23.1 Å². The smallest absolute Gasteiger partial charge is 0.191 e. The monoisotopic (exact) mass is 347 g/mol. The van der Waals surface area contributed by atoms with Gasteiger partial charge in [0.15, 0.2) is 11.0 Å². The van der Waals surface area contributed by atoms with Crippen molar-refractivity contribution in [2.24, 2.45) is 0 Å². The highest BCUT2D eigenvalue weighted by molar-refractivity contribution is 7.98.